The predicted octanol–water partition coefficient (Wildman–Crippen LogP) is 5.46. The van der Waals surface area contributed by atoms with Gasteiger partial charge in [-0.3, -0.25) is 9.59 Å². The maximum Gasteiger partial charge on any atom is 0.327 e. The first-order chi connectivity index (χ1) is 15.3. The van der Waals surface area contributed by atoms with E-state index in [1.165, 1.54) is 11.8 Å². The van der Waals surface area contributed by atoms with Gasteiger partial charge in [0.15, 0.2) is 11.0 Å². The molecule has 0 aliphatic carbocycles. The van der Waals surface area contributed by atoms with Gasteiger partial charge < -0.3 is 16.2 Å². The molecule has 2 atom stereocenters. The van der Waals surface area contributed by atoms with Crippen LogP contribution in [0.2, 0.25) is 0 Å². The number of nitrogen functional groups attached to an aromatic ring is 2. The highest BCUT2D eigenvalue weighted by Gasteiger charge is 2.49. The summed E-state index contributed by atoms with van der Waals surface area (Å²) in [6.45, 7) is 12.3. The molecule has 178 valence electrons. The molecule has 3 rings (SSSR count). The Morgan fingerprint density at radius 2 is 1.76 bits per heavy atom. The van der Waals surface area contributed by atoms with Crippen molar-refractivity contribution in [1.29, 1.82) is 0 Å². The van der Waals surface area contributed by atoms with E-state index in [9.17, 15) is 9.59 Å². The average Bonchev–Trinajstić information content (AvgIpc) is 2.71. The molecule has 5 nitrogen and oxygen atoms in total. The molecule has 0 bridgehead atoms. The number of hydrogen-bond donors (Lipinski definition) is 2. The average molecular weight is 469 g/mol. The zero-order valence-electron chi connectivity index (χ0n) is 20.5. The van der Waals surface area contributed by atoms with E-state index in [0.717, 1.165) is 21.6 Å². The van der Waals surface area contributed by atoms with Crippen LogP contribution in [0.5, 0.6) is 0 Å². The highest BCUT2D eigenvalue weighted by Crippen LogP contribution is 2.43. The summed E-state index contributed by atoms with van der Waals surface area (Å²) in [5.74, 6) is -0.498. The van der Waals surface area contributed by atoms with E-state index >= 15 is 0 Å². The minimum atomic E-state index is -0.863. The third-order valence-corrected chi connectivity index (χ3v) is 7.86. The third-order valence-electron chi connectivity index (χ3n) is 6.57. The van der Waals surface area contributed by atoms with Crippen molar-refractivity contribution in [2.24, 2.45) is 5.92 Å². The Morgan fingerprint density at radius 3 is 2.30 bits per heavy atom. The monoisotopic (exact) mass is 468 g/mol. The van der Waals surface area contributed by atoms with Crippen LogP contribution in [0.4, 0.5) is 11.4 Å². The molecule has 0 radical (unpaired) electrons. The Kier molecular flexibility index (Phi) is 7.18. The van der Waals surface area contributed by atoms with E-state index in [0.29, 0.717) is 24.2 Å². The molecule has 0 aromatic heterocycles. The van der Waals surface area contributed by atoms with Crippen molar-refractivity contribution in [3.8, 4) is 0 Å². The fourth-order valence-electron chi connectivity index (χ4n) is 4.22. The summed E-state index contributed by atoms with van der Waals surface area (Å²) in [7, 11) is 0. The summed E-state index contributed by atoms with van der Waals surface area (Å²) in [6.07, 6.45) is 1.53. The largest absolute Gasteiger partial charge is 0.457 e. The number of rotatable bonds is 6. The van der Waals surface area contributed by atoms with Crippen LogP contribution in [0, 0.1) is 12.8 Å². The second kappa shape index (κ2) is 9.41. The van der Waals surface area contributed by atoms with Crippen molar-refractivity contribution in [1.82, 2.24) is 0 Å². The van der Waals surface area contributed by atoms with Crippen molar-refractivity contribution in [2.75, 3.05) is 11.5 Å². The van der Waals surface area contributed by atoms with Crippen LogP contribution >= 0.6 is 11.8 Å². The van der Waals surface area contributed by atoms with Crippen LogP contribution in [0.25, 0.3) is 0 Å². The van der Waals surface area contributed by atoms with Gasteiger partial charge in [0.2, 0.25) is 0 Å². The number of ketones is 1. The summed E-state index contributed by atoms with van der Waals surface area (Å²) in [5, 5.41) is -0.863. The highest BCUT2D eigenvalue weighted by molar-refractivity contribution is 8.01. The fraction of sp³-hybridized carbons (Fsp3) is 0.481. The molecular weight excluding hydrogens is 432 g/mol. The van der Waals surface area contributed by atoms with Gasteiger partial charge in [-0.05, 0) is 72.1 Å². The standard InChI is InChI=1S/C27H36N2O3S/c1-16(2)27(12-11-18-7-9-19(28)10-8-18)15-22(30)24(25(31)32-27)33-23-13-17(3)21(29)14-20(23)26(4,5)6/h7-10,13-14,16,24H,11-12,15,28-29H2,1-6H3. The molecule has 0 saturated carbocycles. The Labute approximate surface area is 201 Å². The first kappa shape index (κ1) is 25.2. The number of Topliss-reactive ketones (excluding diaryl/α,β-unsaturated/α-hetero) is 1. The summed E-state index contributed by atoms with van der Waals surface area (Å²) in [5.41, 5.74) is 15.5. The SMILES string of the molecule is Cc1cc(SC2C(=O)CC(CCc3ccc(N)cc3)(C(C)C)OC2=O)c(C(C)(C)C)cc1N. The molecule has 2 aromatic rings. The van der Waals surface area contributed by atoms with E-state index in [1.807, 2.05) is 57.2 Å². The fourth-order valence-corrected chi connectivity index (χ4v) is 5.57. The Hall–Kier alpha value is -2.47. The smallest absolute Gasteiger partial charge is 0.327 e. The summed E-state index contributed by atoms with van der Waals surface area (Å²) in [4.78, 5) is 27.4. The Bertz CT molecular complexity index is 1020. The number of ether oxygens (including phenoxy) is 1. The maximum atomic E-state index is 13.3. The van der Waals surface area contributed by atoms with E-state index in [-0.39, 0.29) is 23.5 Å². The molecule has 4 N–H and O–H groups in total. The topological polar surface area (TPSA) is 95.4 Å². The van der Waals surface area contributed by atoms with Gasteiger partial charge >= 0.3 is 5.97 Å². The van der Waals surface area contributed by atoms with E-state index in [1.54, 1.807) is 0 Å². The van der Waals surface area contributed by atoms with Crippen molar-refractivity contribution in [3.63, 3.8) is 0 Å². The van der Waals surface area contributed by atoms with Crippen LogP contribution in [0.3, 0.4) is 0 Å². The number of thioether (sulfide) groups is 1. The summed E-state index contributed by atoms with van der Waals surface area (Å²) < 4.78 is 6.09. The molecule has 2 aromatic carbocycles. The minimum Gasteiger partial charge on any atom is -0.457 e. The zero-order valence-corrected chi connectivity index (χ0v) is 21.3. The van der Waals surface area contributed by atoms with Crippen molar-refractivity contribution in [3.05, 3.63) is 53.1 Å². The summed E-state index contributed by atoms with van der Waals surface area (Å²) in [6, 6.07) is 11.6. The van der Waals surface area contributed by atoms with Gasteiger partial charge in [-0.25, -0.2) is 0 Å². The number of aryl methyl sites for hydroxylation is 2. The van der Waals surface area contributed by atoms with Gasteiger partial charge in [-0.1, -0.05) is 46.8 Å². The van der Waals surface area contributed by atoms with Crippen LogP contribution in [-0.2, 0) is 26.2 Å². The number of nitrogens with two attached hydrogens (primary N) is 2. The molecule has 0 spiro atoms. The van der Waals surface area contributed by atoms with Crippen LogP contribution in [-0.4, -0.2) is 22.6 Å². The number of carbonyl (C=O) groups excluding carboxylic acids is 2. The lowest BCUT2D eigenvalue weighted by molar-refractivity contribution is -0.176. The zero-order chi connectivity index (χ0) is 24.6. The molecule has 1 aliphatic rings. The Balaban J connectivity index is 1.83. The lowest BCUT2D eigenvalue weighted by Crippen LogP contribution is -2.52. The van der Waals surface area contributed by atoms with E-state index in [2.05, 4.69) is 20.8 Å². The van der Waals surface area contributed by atoms with Crippen LogP contribution < -0.4 is 11.5 Å². The number of carbonyl (C=O) groups is 2. The van der Waals surface area contributed by atoms with E-state index < -0.39 is 16.8 Å². The molecule has 1 heterocycles. The molecule has 33 heavy (non-hydrogen) atoms. The minimum absolute atomic E-state index is 0.0223. The molecule has 2 unspecified atom stereocenters. The van der Waals surface area contributed by atoms with Crippen molar-refractivity contribution in [2.45, 2.75) is 82.0 Å². The van der Waals surface area contributed by atoms with Gasteiger partial charge in [0.1, 0.15) is 5.60 Å². The molecule has 1 fully saturated rings. The second-order valence-corrected chi connectivity index (χ2v) is 11.6. The normalized spacial score (nSPS) is 21.4. The summed E-state index contributed by atoms with van der Waals surface area (Å²) >= 11 is 1.29. The molecule has 1 aliphatic heterocycles. The first-order valence-electron chi connectivity index (χ1n) is 11.5. The molecule has 1 saturated heterocycles. The number of anilines is 2. The van der Waals surface area contributed by atoms with Gasteiger partial charge in [0, 0.05) is 22.7 Å². The molecular formula is C27H36N2O3S. The number of benzene rings is 2. The highest BCUT2D eigenvalue weighted by atomic mass is 32.2. The number of hydrogen-bond acceptors (Lipinski definition) is 6. The van der Waals surface area contributed by atoms with Gasteiger partial charge in [0.25, 0.3) is 0 Å². The number of esters is 1. The molecule has 0 amide bonds. The first-order valence-corrected chi connectivity index (χ1v) is 12.4. The lowest BCUT2D eigenvalue weighted by Gasteiger charge is -2.41. The predicted molar refractivity (Wildman–Crippen MR) is 136 cm³/mol. The maximum absolute atomic E-state index is 13.3. The van der Waals surface area contributed by atoms with Gasteiger partial charge in [-0.15, -0.1) is 11.8 Å². The number of cyclic esters (lactones) is 1. The second-order valence-electron chi connectivity index (χ2n) is 10.5. The lowest BCUT2D eigenvalue weighted by atomic mass is 9.78. The Morgan fingerprint density at radius 1 is 1.12 bits per heavy atom. The molecule has 6 heteroatoms. The third kappa shape index (κ3) is 5.55. The van der Waals surface area contributed by atoms with Crippen molar-refractivity contribution < 1.29 is 14.3 Å². The van der Waals surface area contributed by atoms with Crippen LogP contribution in [0.15, 0.2) is 41.3 Å². The van der Waals surface area contributed by atoms with Crippen LogP contribution in [0.1, 0.15) is 64.2 Å². The van der Waals surface area contributed by atoms with Gasteiger partial charge in [-0.2, -0.15) is 0 Å². The quantitative estimate of drug-likeness (QED) is 0.332. The van der Waals surface area contributed by atoms with Crippen molar-refractivity contribution >= 4 is 34.9 Å². The van der Waals surface area contributed by atoms with E-state index in [4.69, 9.17) is 16.2 Å². The van der Waals surface area contributed by atoms with Gasteiger partial charge in [0.05, 0.1) is 0 Å².